The predicted octanol–water partition coefficient (Wildman–Crippen LogP) is 1.30. The fourth-order valence-electron chi connectivity index (χ4n) is 4.73. The van der Waals surface area contributed by atoms with Crippen molar-refractivity contribution >= 4 is 0 Å². The van der Waals surface area contributed by atoms with Crippen molar-refractivity contribution in [3.05, 3.63) is 12.2 Å². The maximum atomic E-state index is 6.23. The van der Waals surface area contributed by atoms with E-state index in [1.54, 1.807) is 0 Å². The van der Waals surface area contributed by atoms with Crippen LogP contribution < -0.4 is 5.32 Å². The Labute approximate surface area is 138 Å². The Morgan fingerprint density at radius 2 is 2.00 bits per heavy atom. The number of aryl methyl sites for hydroxylation is 1. The summed E-state index contributed by atoms with van der Waals surface area (Å²) < 4.78 is 8.32. The van der Waals surface area contributed by atoms with Gasteiger partial charge in [-0.2, -0.15) is 0 Å². The van der Waals surface area contributed by atoms with Gasteiger partial charge in [-0.25, -0.2) is 0 Å². The van der Waals surface area contributed by atoms with E-state index < -0.39 is 0 Å². The number of hydrogen-bond donors (Lipinski definition) is 1. The first-order valence-electron chi connectivity index (χ1n) is 9.18. The average Bonchev–Trinajstić information content (AvgIpc) is 3.02. The van der Waals surface area contributed by atoms with Gasteiger partial charge in [0.15, 0.2) is 0 Å². The highest BCUT2D eigenvalue weighted by molar-refractivity contribution is 5.00. The van der Waals surface area contributed by atoms with Crippen LogP contribution in [0.1, 0.15) is 50.3 Å². The first-order valence-corrected chi connectivity index (χ1v) is 9.18. The van der Waals surface area contributed by atoms with E-state index in [-0.39, 0.29) is 5.60 Å². The summed E-state index contributed by atoms with van der Waals surface area (Å²) in [6.45, 7) is 5.54. The van der Waals surface area contributed by atoms with Gasteiger partial charge in [0.05, 0.1) is 5.60 Å². The molecule has 0 amide bonds. The van der Waals surface area contributed by atoms with Crippen LogP contribution in [0.2, 0.25) is 0 Å². The molecule has 1 aromatic heterocycles. The Balaban J connectivity index is 1.35. The van der Waals surface area contributed by atoms with Crippen LogP contribution in [0.4, 0.5) is 0 Å². The highest BCUT2D eigenvalue weighted by atomic mass is 16.5. The Morgan fingerprint density at radius 1 is 1.22 bits per heavy atom. The van der Waals surface area contributed by atoms with Crippen molar-refractivity contribution in [1.82, 2.24) is 25.0 Å². The van der Waals surface area contributed by atoms with E-state index in [1.807, 2.05) is 6.33 Å². The summed E-state index contributed by atoms with van der Waals surface area (Å²) >= 11 is 0. The largest absolute Gasteiger partial charge is 0.375 e. The van der Waals surface area contributed by atoms with Gasteiger partial charge in [-0.15, -0.1) is 10.2 Å². The maximum Gasteiger partial charge on any atom is 0.135 e. The minimum atomic E-state index is 0.161. The second-order valence-corrected chi connectivity index (χ2v) is 7.54. The monoisotopic (exact) mass is 319 g/mol. The van der Waals surface area contributed by atoms with Crippen LogP contribution in [-0.4, -0.2) is 64.1 Å². The van der Waals surface area contributed by atoms with E-state index >= 15 is 0 Å². The SMILES string of the molecule is Cn1cnnc1C1CCN(C2CCOC3(CCNCC3)C2)CC1. The van der Waals surface area contributed by atoms with E-state index in [9.17, 15) is 0 Å². The lowest BCUT2D eigenvalue weighted by Crippen LogP contribution is -2.54. The number of rotatable bonds is 2. The zero-order valence-corrected chi connectivity index (χ0v) is 14.2. The van der Waals surface area contributed by atoms with Gasteiger partial charge in [-0.1, -0.05) is 0 Å². The van der Waals surface area contributed by atoms with Gasteiger partial charge in [-0.05, 0) is 64.7 Å². The molecule has 1 atom stereocenters. The highest BCUT2D eigenvalue weighted by Gasteiger charge is 2.41. The summed E-state index contributed by atoms with van der Waals surface area (Å²) in [4.78, 5) is 2.72. The van der Waals surface area contributed by atoms with Crippen LogP contribution in [0, 0.1) is 0 Å². The fraction of sp³-hybridized carbons (Fsp3) is 0.882. The summed E-state index contributed by atoms with van der Waals surface area (Å²) in [7, 11) is 2.06. The Hall–Kier alpha value is -0.980. The van der Waals surface area contributed by atoms with Crippen molar-refractivity contribution in [3.8, 4) is 0 Å². The second-order valence-electron chi connectivity index (χ2n) is 7.54. The molecule has 0 bridgehead atoms. The molecule has 0 aromatic carbocycles. The molecule has 128 valence electrons. The van der Waals surface area contributed by atoms with Gasteiger partial charge in [0, 0.05) is 25.6 Å². The number of hydrogen-bond acceptors (Lipinski definition) is 5. The lowest BCUT2D eigenvalue weighted by atomic mass is 9.81. The van der Waals surface area contributed by atoms with E-state index in [0.717, 1.165) is 25.5 Å². The third-order valence-corrected chi connectivity index (χ3v) is 6.14. The van der Waals surface area contributed by atoms with Gasteiger partial charge in [0.25, 0.3) is 0 Å². The Morgan fingerprint density at radius 3 is 2.70 bits per heavy atom. The van der Waals surface area contributed by atoms with Crippen molar-refractivity contribution in [2.45, 2.75) is 56.1 Å². The topological polar surface area (TPSA) is 55.2 Å². The van der Waals surface area contributed by atoms with E-state index in [2.05, 4.69) is 32.0 Å². The lowest BCUT2D eigenvalue weighted by Gasteiger charge is -2.48. The minimum Gasteiger partial charge on any atom is -0.375 e. The molecule has 23 heavy (non-hydrogen) atoms. The molecule has 0 aliphatic carbocycles. The molecule has 6 nitrogen and oxygen atoms in total. The molecule has 4 rings (SSSR count). The lowest BCUT2D eigenvalue weighted by molar-refractivity contribution is -0.122. The van der Waals surface area contributed by atoms with Crippen molar-refractivity contribution in [1.29, 1.82) is 0 Å². The van der Waals surface area contributed by atoms with Crippen molar-refractivity contribution in [2.24, 2.45) is 7.05 Å². The van der Waals surface area contributed by atoms with Gasteiger partial charge in [0.2, 0.25) is 0 Å². The molecule has 1 aromatic rings. The normalized spacial score (nSPS) is 29.9. The summed E-state index contributed by atoms with van der Waals surface area (Å²) in [6, 6.07) is 0.710. The smallest absolute Gasteiger partial charge is 0.135 e. The quantitative estimate of drug-likeness (QED) is 0.890. The molecule has 3 saturated heterocycles. The molecule has 6 heteroatoms. The first kappa shape index (κ1) is 15.5. The molecular weight excluding hydrogens is 290 g/mol. The highest BCUT2D eigenvalue weighted by Crippen LogP contribution is 2.37. The van der Waals surface area contributed by atoms with Crippen LogP contribution in [0.5, 0.6) is 0 Å². The van der Waals surface area contributed by atoms with E-state index in [0.29, 0.717) is 12.0 Å². The molecule has 1 N–H and O–H groups in total. The van der Waals surface area contributed by atoms with Gasteiger partial charge >= 0.3 is 0 Å². The zero-order valence-electron chi connectivity index (χ0n) is 14.2. The first-order chi connectivity index (χ1) is 11.3. The van der Waals surface area contributed by atoms with Crippen LogP contribution in [0.3, 0.4) is 0 Å². The predicted molar refractivity (Wildman–Crippen MR) is 88.4 cm³/mol. The summed E-state index contributed by atoms with van der Waals surface area (Å²) in [5.41, 5.74) is 0.161. The summed E-state index contributed by atoms with van der Waals surface area (Å²) in [5.74, 6) is 1.73. The van der Waals surface area contributed by atoms with E-state index in [1.165, 1.54) is 51.6 Å². The van der Waals surface area contributed by atoms with Gasteiger partial charge in [0.1, 0.15) is 12.2 Å². The number of piperidine rings is 2. The number of nitrogens with one attached hydrogen (secondary N) is 1. The van der Waals surface area contributed by atoms with Crippen LogP contribution in [0.25, 0.3) is 0 Å². The molecule has 4 heterocycles. The molecule has 1 unspecified atom stereocenters. The average molecular weight is 319 g/mol. The van der Waals surface area contributed by atoms with Crippen molar-refractivity contribution in [2.75, 3.05) is 32.8 Å². The molecule has 3 aliphatic rings. The molecular formula is C17H29N5O. The van der Waals surface area contributed by atoms with Crippen LogP contribution >= 0.6 is 0 Å². The second kappa shape index (κ2) is 6.49. The van der Waals surface area contributed by atoms with Crippen LogP contribution in [0.15, 0.2) is 6.33 Å². The number of likely N-dealkylation sites (tertiary alicyclic amines) is 1. The van der Waals surface area contributed by atoms with Crippen molar-refractivity contribution in [3.63, 3.8) is 0 Å². The number of nitrogens with zero attached hydrogens (tertiary/aromatic N) is 4. The molecule has 1 spiro atoms. The standard InChI is InChI=1S/C17H29N5O/c1-21-13-19-20-16(21)14-2-9-22(10-3-14)15-4-11-23-17(12-15)5-7-18-8-6-17/h13-15,18H,2-12H2,1H3. The minimum absolute atomic E-state index is 0.161. The van der Waals surface area contributed by atoms with Crippen LogP contribution in [-0.2, 0) is 11.8 Å². The van der Waals surface area contributed by atoms with E-state index in [4.69, 9.17) is 4.74 Å². The molecule has 0 radical (unpaired) electrons. The third-order valence-electron chi connectivity index (χ3n) is 6.14. The number of ether oxygens (including phenoxy) is 1. The number of aromatic nitrogens is 3. The van der Waals surface area contributed by atoms with Gasteiger partial charge in [-0.3, -0.25) is 0 Å². The zero-order chi connectivity index (χ0) is 15.7. The molecule has 3 aliphatic heterocycles. The summed E-state index contributed by atoms with van der Waals surface area (Å²) in [6.07, 6.45) is 9.02. The van der Waals surface area contributed by atoms with Crippen molar-refractivity contribution < 1.29 is 4.74 Å². The molecule has 3 fully saturated rings. The maximum absolute atomic E-state index is 6.23. The Bertz CT molecular complexity index is 511. The van der Waals surface area contributed by atoms with Gasteiger partial charge < -0.3 is 19.5 Å². The summed E-state index contributed by atoms with van der Waals surface area (Å²) in [5, 5.41) is 11.8. The Kier molecular flexibility index (Phi) is 4.39. The molecule has 0 saturated carbocycles. The fourth-order valence-corrected chi connectivity index (χ4v) is 4.73. The third kappa shape index (κ3) is 3.16.